The minimum Gasteiger partial charge on any atom is -0.481 e. The second-order valence-electron chi connectivity index (χ2n) is 22.6. The average molecular weight is 1360 g/mol. The van der Waals surface area contributed by atoms with Gasteiger partial charge in [0.25, 0.3) is 0 Å². The molecule has 0 radical (unpaired) electrons. The number of unbranched alkanes of at least 4 members (excludes halogenated alkanes) is 1. The van der Waals surface area contributed by atoms with Gasteiger partial charge in [0.2, 0.25) is 70.9 Å². The second kappa shape index (κ2) is 42.6. The van der Waals surface area contributed by atoms with Crippen molar-refractivity contribution in [1.82, 2.24) is 73.8 Å². The van der Waals surface area contributed by atoms with Gasteiger partial charge in [0.05, 0.1) is 32.3 Å². The lowest BCUT2D eigenvalue weighted by Gasteiger charge is -2.29. The zero-order chi connectivity index (χ0) is 71.7. The van der Waals surface area contributed by atoms with E-state index in [9.17, 15) is 103 Å². The zero-order valence-corrected chi connectivity index (χ0v) is 54.0. The lowest BCUT2D eigenvalue weighted by atomic mass is 10.0. The number of H-pyrrole nitrogens is 1. The van der Waals surface area contributed by atoms with Crippen molar-refractivity contribution >= 4 is 101 Å². The van der Waals surface area contributed by atoms with Crippen molar-refractivity contribution in [3.8, 4) is 0 Å². The third-order valence-corrected chi connectivity index (χ3v) is 14.2. The third-order valence-electron chi connectivity index (χ3n) is 13.9. The van der Waals surface area contributed by atoms with E-state index in [0.29, 0.717) is 12.1 Å². The number of nitrogens with zero attached hydrogens (tertiary/aromatic N) is 1. The number of aromatic nitrogens is 2. The number of amides is 12. The maximum Gasteiger partial charge on any atom is 0.326 e. The number of aliphatic hydroxyl groups is 4. The lowest BCUT2D eigenvalue weighted by Crippen LogP contribution is -2.63. The van der Waals surface area contributed by atoms with Crippen molar-refractivity contribution in [3.05, 3.63) is 18.2 Å². The van der Waals surface area contributed by atoms with Crippen LogP contribution in [-0.4, -0.2) is 251 Å². The molecule has 24 N–H and O–H groups in total. The van der Waals surface area contributed by atoms with E-state index < -0.39 is 231 Å². The van der Waals surface area contributed by atoms with Gasteiger partial charge >= 0.3 is 17.9 Å². The minimum atomic E-state index is -1.93. The fourth-order valence-corrected chi connectivity index (χ4v) is 8.70. The highest BCUT2D eigenvalue weighted by molar-refractivity contribution is 7.80. The Kier molecular flexibility index (Phi) is 37.8. The Morgan fingerprint density at radius 3 is 1.29 bits per heavy atom. The molecule has 39 heteroatoms. The summed E-state index contributed by atoms with van der Waals surface area (Å²) < 4.78 is 0. The van der Waals surface area contributed by atoms with Gasteiger partial charge in [-0.2, -0.15) is 12.6 Å². The van der Waals surface area contributed by atoms with Crippen LogP contribution in [0.3, 0.4) is 0 Å². The molecule has 1 aromatic heterocycles. The molecule has 0 saturated heterocycles. The Bertz CT molecular complexity index is 2740. The summed E-state index contributed by atoms with van der Waals surface area (Å²) in [5.74, 6) is -18.9. The summed E-state index contributed by atoms with van der Waals surface area (Å²) in [7, 11) is 0. The number of rotatable bonds is 45. The Balaban J connectivity index is 3.28. The first kappa shape index (κ1) is 83.4. The number of thiol groups is 1. The summed E-state index contributed by atoms with van der Waals surface area (Å²) in [5.41, 5.74) is 11.5. The van der Waals surface area contributed by atoms with Gasteiger partial charge in [-0.1, -0.05) is 27.7 Å². The fraction of sp³-hybridized carbons (Fsp3) is 0.673. The predicted octanol–water partition coefficient (Wildman–Crippen LogP) is -8.93. The first-order valence-corrected chi connectivity index (χ1v) is 30.5. The van der Waals surface area contributed by atoms with Crippen molar-refractivity contribution in [3.63, 3.8) is 0 Å². The average Bonchev–Trinajstić information content (AvgIpc) is 1.19. The Morgan fingerprint density at radius 2 is 0.872 bits per heavy atom. The van der Waals surface area contributed by atoms with Crippen LogP contribution in [-0.2, 0) is 78.3 Å². The smallest absolute Gasteiger partial charge is 0.326 e. The molecule has 12 amide bonds. The monoisotopic (exact) mass is 1360 g/mol. The molecule has 0 saturated carbocycles. The molecule has 0 spiro atoms. The fourth-order valence-electron chi connectivity index (χ4n) is 8.44. The molecule has 14 atom stereocenters. The highest BCUT2D eigenvalue weighted by Crippen LogP contribution is 2.12. The van der Waals surface area contributed by atoms with Crippen LogP contribution in [0.2, 0.25) is 0 Å². The molecule has 94 heavy (non-hydrogen) atoms. The SMILES string of the molecule is CC(C)C[C@H](NC(=O)[C@H](CS)NC(=O)[C@H](CO)NC(=O)[C@H](CCC(=O)O)NC(=O)[C@@H](NC(=O)[C@@H](NC(=O)[C@H](CCC(=O)O)NC(=O)[C@H](C)NC(=O)[C@@H](N)CO)[C@@H](C)O)C(C)C)C(=O)N[C@@H](C)C(=O)N[C@@H](CCCCN)C(=O)N[C@@H](CO)C(=O)N[C@@H](Cc1cnc[nH]1)C(=O)O. The van der Waals surface area contributed by atoms with Crippen LogP contribution < -0.4 is 75.3 Å². The van der Waals surface area contributed by atoms with Crippen molar-refractivity contribution in [2.75, 3.05) is 32.1 Å². The first-order valence-electron chi connectivity index (χ1n) is 29.9. The van der Waals surface area contributed by atoms with E-state index in [1.165, 1.54) is 40.2 Å². The molecular weight excluding hydrogens is 1270 g/mol. The summed E-state index contributed by atoms with van der Waals surface area (Å²) in [6.45, 7) is 6.95. The molecule has 0 bridgehead atoms. The highest BCUT2D eigenvalue weighted by atomic mass is 32.1. The largest absolute Gasteiger partial charge is 0.481 e. The number of carboxylic acid groups (broad SMARTS) is 3. The number of imidazole rings is 1. The van der Waals surface area contributed by atoms with Crippen LogP contribution in [0, 0.1) is 11.8 Å². The van der Waals surface area contributed by atoms with Crippen LogP contribution in [0.5, 0.6) is 0 Å². The molecule has 0 unspecified atom stereocenters. The molecule has 530 valence electrons. The van der Waals surface area contributed by atoms with E-state index in [1.807, 2.05) is 0 Å². The molecule has 0 aliphatic heterocycles. The van der Waals surface area contributed by atoms with Crippen LogP contribution in [0.15, 0.2) is 12.5 Å². The van der Waals surface area contributed by atoms with E-state index in [4.69, 9.17) is 16.6 Å². The number of carbonyl (C=O) groups is 15. The molecule has 1 aromatic rings. The van der Waals surface area contributed by atoms with Gasteiger partial charge in [0.15, 0.2) is 0 Å². The van der Waals surface area contributed by atoms with Crippen LogP contribution >= 0.6 is 12.6 Å². The van der Waals surface area contributed by atoms with Crippen molar-refractivity contribution < 1.29 is 108 Å². The third kappa shape index (κ3) is 30.0. The van der Waals surface area contributed by atoms with Crippen molar-refractivity contribution in [2.45, 2.75) is 191 Å². The molecule has 38 nitrogen and oxygen atoms in total. The molecule has 0 aromatic carbocycles. The van der Waals surface area contributed by atoms with E-state index in [1.54, 1.807) is 13.8 Å². The van der Waals surface area contributed by atoms with Crippen molar-refractivity contribution in [1.29, 1.82) is 0 Å². The minimum absolute atomic E-state index is 0.0518. The molecule has 0 fully saturated rings. The van der Waals surface area contributed by atoms with Crippen molar-refractivity contribution in [2.24, 2.45) is 23.3 Å². The summed E-state index contributed by atoms with van der Waals surface area (Å²) in [6.07, 6.45) is -1.53. The Hall–Kier alpha value is -8.63. The standard InChI is InChI=1S/C55H92N16O22S/c1-24(2)16-34(49(86)61-27(6)44(81)62-31(10-8-9-15-56)46(83)67-36(20-73)50(87)66-35(55(92)93)17-29-18-58-23-59-29)65-52(89)38(22-94)69-51(88)37(21-74)68-47(84)32(11-13-39(76)77)64-53(90)41(25(3)4)70-54(91)42(28(7)75)71-48(85)33(12-14-40(78)79)63-43(80)26(5)60-45(82)30(57)19-72/h18,23-28,30-38,41-42,72-75,94H,8-17,19-22,56-57H2,1-7H3,(H,58,59)(H,60,82)(H,61,86)(H,62,81)(H,63,80)(H,64,90)(H,65,89)(H,66,87)(H,67,83)(H,68,84)(H,69,88)(H,70,91)(H,71,85)(H,76,77)(H,78,79)(H,92,93)/t26-,27-,28+,30-,31-,32-,33-,34-,35-,36-,37-,38-,41-,42-/m0/s1. The molecular formula is C55H92N16O22S. The maximum atomic E-state index is 13.9. The maximum absolute atomic E-state index is 13.9. The van der Waals surface area contributed by atoms with E-state index >= 15 is 0 Å². The van der Waals surface area contributed by atoms with E-state index in [-0.39, 0.29) is 38.1 Å². The number of aliphatic hydroxyl groups excluding tert-OH is 4. The summed E-state index contributed by atoms with van der Waals surface area (Å²) in [4.78, 5) is 203. The van der Waals surface area contributed by atoms with Gasteiger partial charge in [-0.3, -0.25) is 67.1 Å². The number of carbonyl (C=O) groups excluding carboxylic acids is 12. The number of hydrogen-bond acceptors (Lipinski definition) is 23. The Morgan fingerprint density at radius 1 is 0.479 bits per heavy atom. The molecule has 0 aliphatic rings. The highest BCUT2D eigenvalue weighted by Gasteiger charge is 2.38. The second-order valence-corrected chi connectivity index (χ2v) is 23.0. The van der Waals surface area contributed by atoms with Crippen LogP contribution in [0.4, 0.5) is 0 Å². The number of hydrogen-bond donors (Lipinski definition) is 23. The molecule has 0 aliphatic carbocycles. The summed E-state index contributed by atoms with van der Waals surface area (Å²) in [6, 6.07) is -20.9. The molecule has 1 rings (SSSR count). The topological polar surface area (TPSA) is 623 Å². The first-order chi connectivity index (χ1) is 44.0. The van der Waals surface area contributed by atoms with Gasteiger partial charge in [-0.25, -0.2) is 9.78 Å². The van der Waals surface area contributed by atoms with Gasteiger partial charge in [-0.05, 0) is 77.7 Å². The zero-order valence-electron chi connectivity index (χ0n) is 53.1. The van der Waals surface area contributed by atoms with E-state index in [2.05, 4.69) is 86.4 Å². The number of carboxylic acids is 3. The van der Waals surface area contributed by atoms with Gasteiger partial charge in [-0.15, -0.1) is 0 Å². The van der Waals surface area contributed by atoms with Gasteiger partial charge < -0.3 is 116 Å². The number of nitrogens with one attached hydrogen (secondary N) is 13. The number of aliphatic carboxylic acids is 3. The number of nitrogens with two attached hydrogens (primary N) is 2. The quantitative estimate of drug-likeness (QED) is 0.0213. The molecule has 1 heterocycles. The summed E-state index contributed by atoms with van der Waals surface area (Å²) >= 11 is 4.15. The van der Waals surface area contributed by atoms with E-state index in [0.717, 1.165) is 6.92 Å². The van der Waals surface area contributed by atoms with Gasteiger partial charge in [0.1, 0.15) is 78.5 Å². The van der Waals surface area contributed by atoms with Crippen LogP contribution in [0.1, 0.15) is 106 Å². The lowest BCUT2D eigenvalue weighted by molar-refractivity contribution is -0.142. The number of aromatic amines is 1. The summed E-state index contributed by atoms with van der Waals surface area (Å²) in [5, 5.41) is 96.2. The van der Waals surface area contributed by atoms with Gasteiger partial charge in [0, 0.05) is 36.9 Å². The van der Waals surface area contributed by atoms with Crippen LogP contribution in [0.25, 0.3) is 0 Å². The predicted molar refractivity (Wildman–Crippen MR) is 330 cm³/mol. The Labute approximate surface area is 545 Å². The normalized spacial score (nSPS) is 15.7.